The molecular weight excluding hydrogens is 162 g/mol. The zero-order chi connectivity index (χ0) is 9.36. The minimum atomic E-state index is 0.387. The minimum Gasteiger partial charge on any atom is -0.481 e. The summed E-state index contributed by atoms with van der Waals surface area (Å²) in [5.41, 5.74) is 0. The number of hydrogen-bond donors (Lipinski definition) is 0. The number of hydrogen-bond acceptors (Lipinski definition) is 2. The summed E-state index contributed by atoms with van der Waals surface area (Å²) in [5, 5.41) is 0. The molecule has 13 heavy (non-hydrogen) atoms. The van der Waals surface area contributed by atoms with Crippen molar-refractivity contribution in [2.75, 3.05) is 6.54 Å². The van der Waals surface area contributed by atoms with Crippen LogP contribution >= 0.6 is 0 Å². The quantitative estimate of drug-likeness (QED) is 0.596. The molecule has 0 amide bonds. The standard InChI is InChI=1S/C6H6.C5H9NO/c1-2-4-6-5-3-1;1-5-2-3-6-4-7-5/h1-6H;4-5H,2-3H2,1H3. The third-order valence-corrected chi connectivity index (χ3v) is 1.70. The SMILES string of the molecule is CC1CCN=CO1.c1ccccc1. The van der Waals surface area contributed by atoms with E-state index in [0.29, 0.717) is 6.10 Å². The molecule has 0 saturated carbocycles. The lowest BCUT2D eigenvalue weighted by Crippen LogP contribution is -2.12. The molecule has 1 aromatic rings. The summed E-state index contributed by atoms with van der Waals surface area (Å²) in [5.74, 6) is 0. The van der Waals surface area contributed by atoms with E-state index < -0.39 is 0 Å². The Bertz CT molecular complexity index is 206. The predicted molar refractivity (Wildman–Crippen MR) is 55.0 cm³/mol. The van der Waals surface area contributed by atoms with Gasteiger partial charge in [0.25, 0.3) is 0 Å². The highest BCUT2D eigenvalue weighted by molar-refractivity contribution is 5.47. The maximum atomic E-state index is 4.99. The summed E-state index contributed by atoms with van der Waals surface area (Å²) in [6.07, 6.45) is 2.99. The Balaban J connectivity index is 0.000000132. The van der Waals surface area contributed by atoms with Crippen LogP contribution in [0.4, 0.5) is 0 Å². The highest BCUT2D eigenvalue weighted by atomic mass is 16.5. The molecule has 1 unspecified atom stereocenters. The fraction of sp³-hybridized carbons (Fsp3) is 0.364. The van der Waals surface area contributed by atoms with Crippen molar-refractivity contribution in [1.29, 1.82) is 0 Å². The fourth-order valence-corrected chi connectivity index (χ4v) is 0.909. The van der Waals surface area contributed by atoms with Crippen molar-refractivity contribution < 1.29 is 4.74 Å². The number of benzene rings is 1. The summed E-state index contributed by atoms with van der Waals surface area (Å²) in [6.45, 7) is 2.98. The van der Waals surface area contributed by atoms with E-state index in [2.05, 4.69) is 4.99 Å². The van der Waals surface area contributed by atoms with Gasteiger partial charge in [0.15, 0.2) is 6.40 Å². The molecule has 0 aliphatic carbocycles. The molecule has 0 spiro atoms. The van der Waals surface area contributed by atoms with E-state index in [0.717, 1.165) is 13.0 Å². The van der Waals surface area contributed by atoms with Crippen LogP contribution in [0.1, 0.15) is 13.3 Å². The van der Waals surface area contributed by atoms with Gasteiger partial charge >= 0.3 is 0 Å². The van der Waals surface area contributed by atoms with E-state index in [1.807, 2.05) is 43.3 Å². The minimum absolute atomic E-state index is 0.387. The van der Waals surface area contributed by atoms with Gasteiger partial charge in [-0.05, 0) is 6.92 Å². The molecule has 1 aliphatic heterocycles. The third kappa shape index (κ3) is 5.01. The van der Waals surface area contributed by atoms with Crippen LogP contribution in [0.15, 0.2) is 41.4 Å². The first-order valence-electron chi connectivity index (χ1n) is 4.53. The van der Waals surface area contributed by atoms with Crippen molar-refractivity contribution in [3.63, 3.8) is 0 Å². The van der Waals surface area contributed by atoms with Crippen molar-refractivity contribution in [2.24, 2.45) is 4.99 Å². The molecule has 0 fully saturated rings. The van der Waals surface area contributed by atoms with Crippen LogP contribution < -0.4 is 0 Å². The molecule has 0 saturated heterocycles. The molecule has 1 aromatic carbocycles. The molecule has 0 N–H and O–H groups in total. The highest BCUT2D eigenvalue weighted by Crippen LogP contribution is 1.99. The summed E-state index contributed by atoms with van der Waals surface area (Å²) in [7, 11) is 0. The lowest BCUT2D eigenvalue weighted by molar-refractivity contribution is 0.198. The molecule has 1 aliphatic rings. The van der Waals surface area contributed by atoms with Gasteiger partial charge < -0.3 is 4.74 Å². The lowest BCUT2D eigenvalue weighted by Gasteiger charge is -2.12. The summed E-state index contributed by atoms with van der Waals surface area (Å²) >= 11 is 0. The molecule has 0 bridgehead atoms. The van der Waals surface area contributed by atoms with Crippen LogP contribution in [0.5, 0.6) is 0 Å². The zero-order valence-electron chi connectivity index (χ0n) is 7.89. The van der Waals surface area contributed by atoms with Crippen molar-refractivity contribution in [3.8, 4) is 0 Å². The van der Waals surface area contributed by atoms with Gasteiger partial charge in [0.2, 0.25) is 0 Å². The molecule has 0 radical (unpaired) electrons. The van der Waals surface area contributed by atoms with Gasteiger partial charge in [-0.2, -0.15) is 0 Å². The van der Waals surface area contributed by atoms with Gasteiger partial charge in [0, 0.05) is 13.0 Å². The number of aliphatic imine (C=N–C) groups is 1. The molecule has 0 aromatic heterocycles. The van der Waals surface area contributed by atoms with Gasteiger partial charge in [0.1, 0.15) is 0 Å². The Hall–Kier alpha value is -1.31. The second-order valence-electron chi connectivity index (χ2n) is 2.90. The Morgan fingerprint density at radius 3 is 1.85 bits per heavy atom. The fourth-order valence-electron chi connectivity index (χ4n) is 0.909. The lowest BCUT2D eigenvalue weighted by atomic mass is 10.3. The van der Waals surface area contributed by atoms with Crippen LogP contribution in [0.2, 0.25) is 0 Å². The molecule has 2 heteroatoms. The van der Waals surface area contributed by atoms with E-state index in [4.69, 9.17) is 4.74 Å². The first-order chi connectivity index (χ1) is 6.39. The van der Waals surface area contributed by atoms with Crippen LogP contribution in [0.3, 0.4) is 0 Å². The van der Waals surface area contributed by atoms with Crippen molar-refractivity contribution in [3.05, 3.63) is 36.4 Å². The molecule has 2 rings (SSSR count). The van der Waals surface area contributed by atoms with Crippen LogP contribution in [0.25, 0.3) is 0 Å². The summed E-state index contributed by atoms with van der Waals surface area (Å²) in [6, 6.07) is 12.0. The summed E-state index contributed by atoms with van der Waals surface area (Å²) in [4.78, 5) is 3.88. The Kier molecular flexibility index (Phi) is 4.69. The van der Waals surface area contributed by atoms with Crippen LogP contribution in [-0.2, 0) is 4.74 Å². The van der Waals surface area contributed by atoms with Crippen molar-refractivity contribution in [1.82, 2.24) is 0 Å². The van der Waals surface area contributed by atoms with Crippen LogP contribution in [0, 0.1) is 0 Å². The van der Waals surface area contributed by atoms with Gasteiger partial charge in [-0.25, -0.2) is 0 Å². The van der Waals surface area contributed by atoms with Crippen LogP contribution in [-0.4, -0.2) is 19.0 Å². The van der Waals surface area contributed by atoms with Crippen molar-refractivity contribution >= 4 is 6.40 Å². The van der Waals surface area contributed by atoms with E-state index in [9.17, 15) is 0 Å². The smallest absolute Gasteiger partial charge is 0.169 e. The second-order valence-corrected chi connectivity index (χ2v) is 2.90. The van der Waals surface area contributed by atoms with E-state index in [1.54, 1.807) is 0 Å². The van der Waals surface area contributed by atoms with Gasteiger partial charge in [-0.3, -0.25) is 4.99 Å². The Morgan fingerprint density at radius 2 is 1.62 bits per heavy atom. The molecule has 70 valence electrons. The Labute approximate surface area is 79.3 Å². The predicted octanol–water partition coefficient (Wildman–Crippen LogP) is 2.51. The monoisotopic (exact) mass is 177 g/mol. The molecule has 1 heterocycles. The first kappa shape index (κ1) is 9.78. The number of rotatable bonds is 0. The van der Waals surface area contributed by atoms with E-state index in [-0.39, 0.29) is 0 Å². The van der Waals surface area contributed by atoms with Crippen molar-refractivity contribution in [2.45, 2.75) is 19.4 Å². The average Bonchev–Trinajstić information content (AvgIpc) is 2.22. The summed E-state index contributed by atoms with van der Waals surface area (Å²) < 4.78 is 4.99. The highest BCUT2D eigenvalue weighted by Gasteiger charge is 2.01. The third-order valence-electron chi connectivity index (χ3n) is 1.70. The molecule has 2 nitrogen and oxygen atoms in total. The normalized spacial score (nSPS) is 19.6. The van der Waals surface area contributed by atoms with Gasteiger partial charge in [-0.15, -0.1) is 0 Å². The zero-order valence-corrected chi connectivity index (χ0v) is 7.89. The second kappa shape index (κ2) is 6.23. The Morgan fingerprint density at radius 1 is 1.08 bits per heavy atom. The number of nitrogens with zero attached hydrogens (tertiary/aromatic N) is 1. The topological polar surface area (TPSA) is 21.6 Å². The first-order valence-corrected chi connectivity index (χ1v) is 4.53. The average molecular weight is 177 g/mol. The molecule has 1 atom stereocenters. The molecular formula is C11H15NO. The van der Waals surface area contributed by atoms with E-state index in [1.165, 1.54) is 6.40 Å². The number of ether oxygens (including phenoxy) is 1. The van der Waals surface area contributed by atoms with Gasteiger partial charge in [0.05, 0.1) is 6.10 Å². The maximum absolute atomic E-state index is 4.99. The van der Waals surface area contributed by atoms with Gasteiger partial charge in [-0.1, -0.05) is 36.4 Å². The largest absolute Gasteiger partial charge is 0.481 e. The van der Waals surface area contributed by atoms with E-state index >= 15 is 0 Å². The maximum Gasteiger partial charge on any atom is 0.169 e.